The van der Waals surface area contributed by atoms with E-state index in [9.17, 15) is 0 Å². The van der Waals surface area contributed by atoms with E-state index in [1.165, 1.54) is 32.0 Å². The number of aromatic amines is 1. The lowest BCUT2D eigenvalue weighted by molar-refractivity contribution is 0.389. The zero-order valence-electron chi connectivity index (χ0n) is 11.3. The third-order valence-electron chi connectivity index (χ3n) is 3.95. The lowest BCUT2D eigenvalue weighted by Gasteiger charge is -2.14. The van der Waals surface area contributed by atoms with E-state index in [1.54, 1.807) is 7.11 Å². The van der Waals surface area contributed by atoms with Gasteiger partial charge in [-0.15, -0.1) is 0 Å². The lowest BCUT2D eigenvalue weighted by atomic mass is 10.0. The van der Waals surface area contributed by atoms with Crippen LogP contribution in [0.2, 0.25) is 0 Å². The second-order valence-corrected chi connectivity index (χ2v) is 5.73. The Hall–Kier alpha value is -1.43. The first-order valence-corrected chi connectivity index (χ1v) is 7.07. The first-order valence-electron chi connectivity index (χ1n) is 6.66. The SMILES string of the molecule is CCCC1(Cn2c(=S)[nH]c3c(OC)ncnc32)CC1. The number of nitrogens with zero attached hydrogens (tertiary/aromatic N) is 3. The van der Waals surface area contributed by atoms with Gasteiger partial charge in [0.15, 0.2) is 10.4 Å². The Morgan fingerprint density at radius 3 is 2.89 bits per heavy atom. The molecule has 0 saturated heterocycles. The molecular formula is C13H18N4OS. The van der Waals surface area contributed by atoms with E-state index >= 15 is 0 Å². The van der Waals surface area contributed by atoms with Crippen molar-refractivity contribution in [1.29, 1.82) is 0 Å². The second kappa shape index (κ2) is 4.59. The molecule has 5 nitrogen and oxygen atoms in total. The van der Waals surface area contributed by atoms with E-state index in [4.69, 9.17) is 17.0 Å². The summed E-state index contributed by atoms with van der Waals surface area (Å²) in [5, 5.41) is 0. The van der Waals surface area contributed by atoms with Crippen LogP contribution in [0.15, 0.2) is 6.33 Å². The summed E-state index contributed by atoms with van der Waals surface area (Å²) in [4.78, 5) is 11.6. The van der Waals surface area contributed by atoms with Gasteiger partial charge < -0.3 is 14.3 Å². The van der Waals surface area contributed by atoms with Crippen LogP contribution in [0.4, 0.5) is 0 Å². The normalized spacial score (nSPS) is 16.7. The van der Waals surface area contributed by atoms with Crippen LogP contribution >= 0.6 is 12.2 Å². The van der Waals surface area contributed by atoms with E-state index in [2.05, 4.69) is 26.4 Å². The molecule has 0 aromatic carbocycles. The van der Waals surface area contributed by atoms with Gasteiger partial charge in [0.05, 0.1) is 7.11 Å². The molecule has 1 N–H and O–H groups in total. The van der Waals surface area contributed by atoms with Gasteiger partial charge in [-0.3, -0.25) is 0 Å². The zero-order chi connectivity index (χ0) is 13.5. The summed E-state index contributed by atoms with van der Waals surface area (Å²) in [6, 6.07) is 0. The van der Waals surface area contributed by atoms with Crippen molar-refractivity contribution in [3.05, 3.63) is 11.1 Å². The Morgan fingerprint density at radius 2 is 2.26 bits per heavy atom. The number of fused-ring (bicyclic) bond motifs is 1. The van der Waals surface area contributed by atoms with Crippen molar-refractivity contribution < 1.29 is 4.74 Å². The molecule has 2 aromatic heterocycles. The van der Waals surface area contributed by atoms with Gasteiger partial charge in [-0.05, 0) is 36.9 Å². The highest BCUT2D eigenvalue weighted by Crippen LogP contribution is 2.51. The van der Waals surface area contributed by atoms with E-state index < -0.39 is 0 Å². The summed E-state index contributed by atoms with van der Waals surface area (Å²) in [6.45, 7) is 3.18. The molecule has 0 amide bonds. The molecule has 0 spiro atoms. The van der Waals surface area contributed by atoms with Gasteiger partial charge in [-0.1, -0.05) is 13.3 Å². The Balaban J connectivity index is 2.04. The smallest absolute Gasteiger partial charge is 0.242 e. The van der Waals surface area contributed by atoms with Crippen LogP contribution in [0.5, 0.6) is 5.88 Å². The van der Waals surface area contributed by atoms with E-state index in [0.29, 0.717) is 16.1 Å². The van der Waals surface area contributed by atoms with Gasteiger partial charge in [0, 0.05) is 6.54 Å². The van der Waals surface area contributed by atoms with Crippen molar-refractivity contribution >= 4 is 23.4 Å². The van der Waals surface area contributed by atoms with Crippen molar-refractivity contribution in [2.24, 2.45) is 5.41 Å². The maximum atomic E-state index is 5.42. The summed E-state index contributed by atoms with van der Waals surface area (Å²) in [7, 11) is 1.61. The highest BCUT2D eigenvalue weighted by atomic mass is 32.1. The molecule has 1 fully saturated rings. The molecule has 1 saturated carbocycles. The molecule has 2 aromatic rings. The fourth-order valence-electron chi connectivity index (χ4n) is 2.78. The number of hydrogen-bond acceptors (Lipinski definition) is 4. The molecule has 1 aliphatic carbocycles. The van der Waals surface area contributed by atoms with Crippen molar-refractivity contribution in [2.75, 3.05) is 7.11 Å². The maximum Gasteiger partial charge on any atom is 0.242 e. The lowest BCUT2D eigenvalue weighted by Crippen LogP contribution is -2.12. The predicted octanol–water partition coefficient (Wildman–Crippen LogP) is 3.08. The first-order chi connectivity index (χ1) is 9.19. The topological polar surface area (TPSA) is 55.7 Å². The minimum absolute atomic E-state index is 0.431. The number of H-pyrrole nitrogens is 1. The van der Waals surface area contributed by atoms with Gasteiger partial charge in [-0.25, -0.2) is 4.98 Å². The van der Waals surface area contributed by atoms with Gasteiger partial charge in [0.1, 0.15) is 11.8 Å². The van der Waals surface area contributed by atoms with Crippen LogP contribution in [0.25, 0.3) is 11.2 Å². The zero-order valence-corrected chi connectivity index (χ0v) is 12.1. The molecule has 2 heterocycles. The quantitative estimate of drug-likeness (QED) is 0.854. The number of nitrogens with one attached hydrogen (secondary N) is 1. The average Bonchev–Trinajstić information content (AvgIpc) is 3.09. The predicted molar refractivity (Wildman–Crippen MR) is 75.8 cm³/mol. The largest absolute Gasteiger partial charge is 0.479 e. The van der Waals surface area contributed by atoms with Gasteiger partial charge in [0.2, 0.25) is 5.88 Å². The average molecular weight is 278 g/mol. The van der Waals surface area contributed by atoms with E-state index in [1.807, 2.05) is 0 Å². The van der Waals surface area contributed by atoms with Crippen LogP contribution in [0, 0.1) is 10.2 Å². The highest BCUT2D eigenvalue weighted by Gasteiger charge is 2.42. The van der Waals surface area contributed by atoms with Gasteiger partial charge in [-0.2, -0.15) is 4.98 Å². The summed E-state index contributed by atoms with van der Waals surface area (Å²) in [5.41, 5.74) is 2.07. The fraction of sp³-hybridized carbons (Fsp3) is 0.615. The minimum Gasteiger partial charge on any atom is -0.479 e. The number of methoxy groups -OCH3 is 1. The van der Waals surface area contributed by atoms with E-state index in [-0.39, 0.29) is 0 Å². The standard InChI is InChI=1S/C13H18N4OS/c1-3-4-13(5-6-13)7-17-10-9(16-12(17)19)11(18-2)15-8-14-10/h8H,3-7H2,1-2H3,(H,16,19). The number of rotatable bonds is 5. The third kappa shape index (κ3) is 2.14. The van der Waals surface area contributed by atoms with E-state index in [0.717, 1.165) is 17.7 Å². The summed E-state index contributed by atoms with van der Waals surface area (Å²) in [5.74, 6) is 0.551. The van der Waals surface area contributed by atoms with Crippen LogP contribution in [0.3, 0.4) is 0 Å². The van der Waals surface area contributed by atoms with Gasteiger partial charge >= 0.3 is 0 Å². The summed E-state index contributed by atoms with van der Waals surface area (Å²) in [6.07, 6.45) is 6.58. The van der Waals surface area contributed by atoms with Crippen LogP contribution < -0.4 is 4.74 Å². The molecule has 0 aliphatic heterocycles. The number of ether oxygens (including phenoxy) is 1. The molecule has 0 atom stereocenters. The molecule has 6 heteroatoms. The molecule has 0 radical (unpaired) electrons. The molecule has 1 aliphatic rings. The Bertz CT molecular complexity index is 656. The number of hydrogen-bond donors (Lipinski definition) is 1. The van der Waals surface area contributed by atoms with Crippen LogP contribution in [-0.4, -0.2) is 26.6 Å². The summed E-state index contributed by atoms with van der Waals surface area (Å²) < 4.78 is 8.05. The molecule has 19 heavy (non-hydrogen) atoms. The molecule has 102 valence electrons. The number of aromatic nitrogens is 4. The second-order valence-electron chi connectivity index (χ2n) is 5.35. The maximum absolute atomic E-state index is 5.42. The van der Waals surface area contributed by atoms with Crippen LogP contribution in [-0.2, 0) is 6.54 Å². The third-order valence-corrected chi connectivity index (χ3v) is 4.27. The van der Waals surface area contributed by atoms with Gasteiger partial charge in [0.25, 0.3) is 0 Å². The Kier molecular flexibility index (Phi) is 3.05. The van der Waals surface area contributed by atoms with Crippen molar-refractivity contribution in [3.63, 3.8) is 0 Å². The van der Waals surface area contributed by atoms with Crippen molar-refractivity contribution in [2.45, 2.75) is 39.2 Å². The molecule has 0 unspecified atom stereocenters. The molecular weight excluding hydrogens is 260 g/mol. The van der Waals surface area contributed by atoms with Crippen molar-refractivity contribution in [3.8, 4) is 5.88 Å². The first kappa shape index (κ1) is 12.6. The summed E-state index contributed by atoms with van der Waals surface area (Å²) >= 11 is 5.42. The van der Waals surface area contributed by atoms with Crippen LogP contribution in [0.1, 0.15) is 32.6 Å². The fourth-order valence-corrected chi connectivity index (χ4v) is 3.03. The number of imidazole rings is 1. The molecule has 3 rings (SSSR count). The minimum atomic E-state index is 0.431. The highest BCUT2D eigenvalue weighted by molar-refractivity contribution is 7.71. The van der Waals surface area contributed by atoms with Crippen molar-refractivity contribution in [1.82, 2.24) is 19.5 Å². The monoisotopic (exact) mass is 278 g/mol. The Morgan fingerprint density at radius 1 is 1.47 bits per heavy atom. The molecule has 0 bridgehead atoms. The Labute approximate surface area is 117 Å².